The number of imidazole rings is 1. The second-order valence-corrected chi connectivity index (χ2v) is 7.08. The summed E-state index contributed by atoms with van der Waals surface area (Å²) in [7, 11) is 1.90. The van der Waals surface area contributed by atoms with Gasteiger partial charge in [0.15, 0.2) is 5.78 Å². The first kappa shape index (κ1) is 18.5. The van der Waals surface area contributed by atoms with Crippen molar-refractivity contribution in [3.63, 3.8) is 0 Å². The van der Waals surface area contributed by atoms with Crippen molar-refractivity contribution in [3.05, 3.63) is 64.2 Å². The lowest BCUT2D eigenvalue weighted by Crippen LogP contribution is -2.25. The summed E-state index contributed by atoms with van der Waals surface area (Å²) in [6.07, 6.45) is 4.51. The number of hydrogen-bond acceptors (Lipinski definition) is 2. The summed E-state index contributed by atoms with van der Waals surface area (Å²) in [5.41, 5.74) is 4.18. The molecule has 0 aliphatic heterocycles. The number of carbonyl (C=O) groups excluding carboxylic acids is 1. The van der Waals surface area contributed by atoms with Gasteiger partial charge < -0.3 is 9.13 Å². The van der Waals surface area contributed by atoms with Gasteiger partial charge in [0.05, 0.1) is 17.6 Å². The van der Waals surface area contributed by atoms with Crippen LogP contribution in [0, 0.1) is 5.41 Å². The Morgan fingerprint density at radius 1 is 1.12 bits per heavy atom. The van der Waals surface area contributed by atoms with Gasteiger partial charge in [0.2, 0.25) is 5.62 Å². The lowest BCUT2D eigenvalue weighted by molar-refractivity contribution is 0.0971. The van der Waals surface area contributed by atoms with Gasteiger partial charge in [-0.3, -0.25) is 10.2 Å². The summed E-state index contributed by atoms with van der Waals surface area (Å²) in [4.78, 5) is 12.7. The smallest absolute Gasteiger partial charge is 0.203 e. The molecule has 0 atom stereocenters. The Morgan fingerprint density at radius 3 is 2.54 bits per heavy atom. The van der Waals surface area contributed by atoms with Crippen LogP contribution in [-0.2, 0) is 20.0 Å². The molecular weight excluding hydrogens is 346 g/mol. The quantitative estimate of drug-likeness (QED) is 0.475. The van der Waals surface area contributed by atoms with Crippen molar-refractivity contribution in [1.29, 1.82) is 5.41 Å². The molecule has 0 saturated carbocycles. The van der Waals surface area contributed by atoms with Gasteiger partial charge in [-0.05, 0) is 48.7 Å². The molecule has 0 radical (unpaired) electrons. The van der Waals surface area contributed by atoms with Crippen molar-refractivity contribution in [1.82, 2.24) is 9.13 Å². The molecule has 0 amide bonds. The average Bonchev–Trinajstić information content (AvgIpc) is 2.88. The fraction of sp³-hybridized carbons (Fsp3) is 0.333. The van der Waals surface area contributed by atoms with Crippen molar-refractivity contribution >= 4 is 28.4 Å². The van der Waals surface area contributed by atoms with E-state index in [2.05, 4.69) is 13.0 Å². The number of Topliss-reactive ketones (excluding diaryl/α,β-unsaturated/α-hetero) is 1. The predicted octanol–water partition coefficient (Wildman–Crippen LogP) is 4.73. The molecule has 2 aromatic carbocycles. The monoisotopic (exact) mass is 369 g/mol. The number of benzene rings is 2. The van der Waals surface area contributed by atoms with Crippen molar-refractivity contribution in [3.8, 4) is 0 Å². The van der Waals surface area contributed by atoms with E-state index < -0.39 is 0 Å². The van der Waals surface area contributed by atoms with Gasteiger partial charge in [-0.15, -0.1) is 0 Å². The van der Waals surface area contributed by atoms with Crippen LogP contribution in [0.25, 0.3) is 11.0 Å². The molecule has 0 saturated heterocycles. The number of para-hydroxylation sites is 1. The maximum atomic E-state index is 12.7. The van der Waals surface area contributed by atoms with E-state index in [0.29, 0.717) is 16.2 Å². The first-order chi connectivity index (χ1) is 12.5. The Balaban J connectivity index is 1.97. The minimum absolute atomic E-state index is 0.0240. The van der Waals surface area contributed by atoms with Crippen LogP contribution in [-0.4, -0.2) is 14.9 Å². The van der Waals surface area contributed by atoms with E-state index in [4.69, 9.17) is 17.0 Å². The third-order valence-corrected chi connectivity index (χ3v) is 5.07. The van der Waals surface area contributed by atoms with Crippen LogP contribution in [0.4, 0.5) is 0 Å². The molecule has 0 bridgehead atoms. The molecule has 4 nitrogen and oxygen atoms in total. The third-order valence-electron chi connectivity index (χ3n) is 4.82. The second-order valence-electron chi connectivity index (χ2n) is 6.64. The van der Waals surface area contributed by atoms with Crippen LogP contribution in [0.3, 0.4) is 0 Å². The Labute approximate surface area is 158 Å². The van der Waals surface area contributed by atoms with E-state index in [9.17, 15) is 4.79 Å². The number of nitrogens with zero attached hydrogens (tertiary/aromatic N) is 2. The van der Waals surface area contributed by atoms with Crippen LogP contribution >= 0.6 is 11.6 Å². The van der Waals surface area contributed by atoms with E-state index >= 15 is 0 Å². The maximum Gasteiger partial charge on any atom is 0.203 e. The minimum Gasteiger partial charge on any atom is -0.313 e. The first-order valence-corrected chi connectivity index (χ1v) is 9.41. The highest BCUT2D eigenvalue weighted by molar-refractivity contribution is 6.30. The topological polar surface area (TPSA) is 50.8 Å². The molecule has 0 unspecified atom stereocenters. The number of rotatable bonds is 7. The zero-order valence-electron chi connectivity index (χ0n) is 15.3. The average molecular weight is 370 g/mol. The number of fused-ring (bicyclic) bond motifs is 1. The molecule has 3 rings (SSSR count). The molecule has 0 fully saturated rings. The first-order valence-electron chi connectivity index (χ1n) is 9.03. The van der Waals surface area contributed by atoms with E-state index in [1.807, 2.05) is 23.7 Å². The summed E-state index contributed by atoms with van der Waals surface area (Å²) in [5.74, 6) is -0.0240. The summed E-state index contributed by atoms with van der Waals surface area (Å²) in [6, 6.07) is 13.0. The number of nitrogens with one attached hydrogen (secondary N) is 1. The van der Waals surface area contributed by atoms with Crippen LogP contribution in [0.2, 0.25) is 5.02 Å². The number of ketones is 1. The fourth-order valence-electron chi connectivity index (χ4n) is 3.38. The van der Waals surface area contributed by atoms with Crippen molar-refractivity contribution < 1.29 is 4.79 Å². The van der Waals surface area contributed by atoms with Gasteiger partial charge in [0, 0.05) is 17.6 Å². The highest BCUT2D eigenvalue weighted by atomic mass is 35.5. The molecule has 0 spiro atoms. The Morgan fingerprint density at radius 2 is 1.85 bits per heavy atom. The maximum absolute atomic E-state index is 12.7. The lowest BCUT2D eigenvalue weighted by Gasteiger charge is -2.06. The number of aromatic nitrogens is 2. The Kier molecular flexibility index (Phi) is 5.62. The van der Waals surface area contributed by atoms with E-state index in [-0.39, 0.29) is 12.3 Å². The van der Waals surface area contributed by atoms with E-state index in [1.165, 1.54) is 18.4 Å². The molecule has 26 heavy (non-hydrogen) atoms. The molecule has 0 aliphatic carbocycles. The third kappa shape index (κ3) is 3.61. The zero-order valence-corrected chi connectivity index (χ0v) is 16.0. The largest absolute Gasteiger partial charge is 0.313 e. The number of halogens is 1. The molecule has 136 valence electrons. The van der Waals surface area contributed by atoms with E-state index in [1.54, 1.807) is 28.8 Å². The summed E-state index contributed by atoms with van der Waals surface area (Å²) < 4.78 is 3.67. The molecule has 1 N–H and O–H groups in total. The van der Waals surface area contributed by atoms with Gasteiger partial charge in [0.1, 0.15) is 0 Å². The molecule has 1 aromatic heterocycles. The molecule has 0 aliphatic rings. The van der Waals surface area contributed by atoms with Crippen molar-refractivity contribution in [2.45, 2.75) is 39.2 Å². The number of aryl methyl sites for hydroxylation is 2. The van der Waals surface area contributed by atoms with Crippen LogP contribution < -0.4 is 5.62 Å². The molecule has 3 aromatic rings. The van der Waals surface area contributed by atoms with Crippen LogP contribution in [0.5, 0.6) is 0 Å². The SMILES string of the molecule is CCCCCc1cccc2c1n(C)c(=N)n2CC(=O)c1ccc(Cl)cc1. The molecule has 1 heterocycles. The highest BCUT2D eigenvalue weighted by Crippen LogP contribution is 2.20. The predicted molar refractivity (Wildman–Crippen MR) is 106 cm³/mol. The van der Waals surface area contributed by atoms with Crippen molar-refractivity contribution in [2.24, 2.45) is 7.05 Å². The zero-order chi connectivity index (χ0) is 18.7. The van der Waals surface area contributed by atoms with E-state index in [0.717, 1.165) is 23.9 Å². The second kappa shape index (κ2) is 7.92. The Bertz CT molecular complexity index is 983. The summed E-state index contributed by atoms with van der Waals surface area (Å²) in [6.45, 7) is 2.34. The minimum atomic E-state index is -0.0240. The molecule has 5 heteroatoms. The van der Waals surface area contributed by atoms with Gasteiger partial charge >= 0.3 is 0 Å². The number of carbonyl (C=O) groups is 1. The summed E-state index contributed by atoms with van der Waals surface area (Å²) >= 11 is 5.90. The Hall–Kier alpha value is -2.33. The normalized spacial score (nSPS) is 11.2. The molecular formula is C21H24ClN3O. The van der Waals surface area contributed by atoms with Crippen LogP contribution in [0.1, 0.15) is 42.1 Å². The van der Waals surface area contributed by atoms with Crippen LogP contribution in [0.15, 0.2) is 42.5 Å². The fourth-order valence-corrected chi connectivity index (χ4v) is 3.51. The van der Waals surface area contributed by atoms with Gasteiger partial charge in [-0.2, -0.15) is 0 Å². The van der Waals surface area contributed by atoms with Crippen molar-refractivity contribution in [2.75, 3.05) is 0 Å². The van der Waals surface area contributed by atoms with Gasteiger partial charge in [0.25, 0.3) is 0 Å². The number of hydrogen-bond donors (Lipinski definition) is 1. The lowest BCUT2D eigenvalue weighted by atomic mass is 10.1. The highest BCUT2D eigenvalue weighted by Gasteiger charge is 2.15. The standard InChI is InChI=1S/C21H24ClN3O/c1-3-4-5-7-16-8-6-9-18-20(16)24(2)21(23)25(18)14-19(26)15-10-12-17(22)13-11-15/h6,8-13,23H,3-5,7,14H2,1-2H3. The summed E-state index contributed by atoms with van der Waals surface area (Å²) in [5, 5.41) is 9.08. The van der Waals surface area contributed by atoms with Gasteiger partial charge in [-0.25, -0.2) is 0 Å². The van der Waals surface area contributed by atoms with Gasteiger partial charge in [-0.1, -0.05) is 43.5 Å². The number of unbranched alkanes of at least 4 members (excludes halogenated alkanes) is 2.